The van der Waals surface area contributed by atoms with Gasteiger partial charge in [0.1, 0.15) is 0 Å². The van der Waals surface area contributed by atoms with Crippen LogP contribution in [0.4, 0.5) is 5.69 Å². The van der Waals surface area contributed by atoms with Crippen molar-refractivity contribution in [2.75, 3.05) is 23.9 Å². The number of anilines is 1. The summed E-state index contributed by atoms with van der Waals surface area (Å²) in [5.41, 5.74) is 1.23. The maximum absolute atomic E-state index is 3.47. The molecule has 0 aliphatic rings. The first kappa shape index (κ1) is 11.4. The van der Waals surface area contributed by atoms with Crippen molar-refractivity contribution in [1.82, 2.24) is 0 Å². The van der Waals surface area contributed by atoms with Crippen LogP contribution in [0, 0.1) is 5.92 Å². The van der Waals surface area contributed by atoms with Crippen LogP contribution >= 0.6 is 11.8 Å². The average Bonchev–Trinajstić information content (AvgIpc) is 2.25. The van der Waals surface area contributed by atoms with Gasteiger partial charge in [0.15, 0.2) is 0 Å². The molecule has 0 fully saturated rings. The summed E-state index contributed by atoms with van der Waals surface area (Å²) in [5, 5.41) is 3.47. The van der Waals surface area contributed by atoms with E-state index in [0.717, 1.165) is 12.5 Å². The Balaban J connectivity index is 2.32. The summed E-state index contributed by atoms with van der Waals surface area (Å²) < 4.78 is 0. The summed E-state index contributed by atoms with van der Waals surface area (Å²) >= 11 is 1.93. The summed E-state index contributed by atoms with van der Waals surface area (Å²) in [6, 6.07) is 10.4. The van der Waals surface area contributed by atoms with Crippen molar-refractivity contribution >= 4 is 17.4 Å². The third kappa shape index (κ3) is 4.05. The summed E-state index contributed by atoms with van der Waals surface area (Å²) in [6.45, 7) is 3.34. The number of benzene rings is 1. The van der Waals surface area contributed by atoms with Gasteiger partial charge in [-0.1, -0.05) is 31.5 Å². The smallest absolute Gasteiger partial charge is 0.0340 e. The van der Waals surface area contributed by atoms with Gasteiger partial charge in [-0.2, -0.15) is 11.8 Å². The molecule has 0 radical (unpaired) electrons. The molecule has 0 aliphatic heterocycles. The van der Waals surface area contributed by atoms with Crippen LogP contribution in [0.2, 0.25) is 0 Å². The fourth-order valence-electron chi connectivity index (χ4n) is 1.38. The van der Waals surface area contributed by atoms with Gasteiger partial charge < -0.3 is 5.32 Å². The molecule has 0 heterocycles. The summed E-state index contributed by atoms with van der Waals surface area (Å²) in [6.07, 6.45) is 3.42. The summed E-state index contributed by atoms with van der Waals surface area (Å²) in [4.78, 5) is 0. The largest absolute Gasteiger partial charge is 0.385 e. The van der Waals surface area contributed by atoms with Gasteiger partial charge in [0, 0.05) is 12.2 Å². The van der Waals surface area contributed by atoms with Crippen LogP contribution in [-0.4, -0.2) is 18.6 Å². The molecule has 0 spiro atoms. The molecule has 1 aromatic rings. The maximum Gasteiger partial charge on any atom is 0.0340 e. The molecule has 0 bridgehead atoms. The lowest BCUT2D eigenvalue weighted by Gasteiger charge is -2.15. The van der Waals surface area contributed by atoms with E-state index in [-0.39, 0.29) is 0 Å². The minimum atomic E-state index is 0.783. The SMILES string of the molecule is CCC(CNc1ccccc1)CSC. The second-order valence-electron chi connectivity index (χ2n) is 3.48. The molecule has 14 heavy (non-hydrogen) atoms. The van der Waals surface area contributed by atoms with Gasteiger partial charge in [-0.25, -0.2) is 0 Å². The first-order chi connectivity index (χ1) is 6.86. The molecule has 0 amide bonds. The van der Waals surface area contributed by atoms with Gasteiger partial charge >= 0.3 is 0 Å². The van der Waals surface area contributed by atoms with Crippen molar-refractivity contribution in [2.45, 2.75) is 13.3 Å². The molecule has 2 heteroatoms. The lowest BCUT2D eigenvalue weighted by molar-refractivity contribution is 0.604. The number of hydrogen-bond donors (Lipinski definition) is 1. The van der Waals surface area contributed by atoms with Gasteiger partial charge in [0.25, 0.3) is 0 Å². The zero-order valence-corrected chi connectivity index (χ0v) is 9.81. The summed E-state index contributed by atoms with van der Waals surface area (Å²) in [5.74, 6) is 2.03. The average molecular weight is 209 g/mol. The van der Waals surface area contributed by atoms with E-state index in [9.17, 15) is 0 Å². The maximum atomic E-state index is 3.47. The fraction of sp³-hybridized carbons (Fsp3) is 0.500. The highest BCUT2D eigenvalue weighted by Gasteiger charge is 2.04. The van der Waals surface area contributed by atoms with Crippen molar-refractivity contribution in [1.29, 1.82) is 0 Å². The summed E-state index contributed by atoms with van der Waals surface area (Å²) in [7, 11) is 0. The Bertz CT molecular complexity index is 235. The fourth-order valence-corrected chi connectivity index (χ4v) is 2.20. The first-order valence-electron chi connectivity index (χ1n) is 5.14. The predicted octanol–water partition coefficient (Wildman–Crippen LogP) is 3.49. The third-order valence-corrected chi connectivity index (χ3v) is 3.15. The van der Waals surface area contributed by atoms with E-state index in [1.54, 1.807) is 0 Å². The van der Waals surface area contributed by atoms with E-state index < -0.39 is 0 Å². The zero-order valence-electron chi connectivity index (χ0n) is 8.99. The predicted molar refractivity (Wildman–Crippen MR) is 67.1 cm³/mol. The highest BCUT2D eigenvalue weighted by molar-refractivity contribution is 7.98. The Kier molecular flexibility index (Phi) is 5.53. The number of rotatable bonds is 6. The molecule has 0 aromatic heterocycles. The minimum absolute atomic E-state index is 0.783. The van der Waals surface area contributed by atoms with Crippen LogP contribution in [0.3, 0.4) is 0 Å². The van der Waals surface area contributed by atoms with E-state index >= 15 is 0 Å². The Labute approximate surface area is 91.3 Å². The van der Waals surface area contributed by atoms with E-state index in [0.29, 0.717) is 0 Å². The molecule has 78 valence electrons. The monoisotopic (exact) mass is 209 g/mol. The Hall–Kier alpha value is -0.630. The minimum Gasteiger partial charge on any atom is -0.385 e. The highest BCUT2D eigenvalue weighted by Crippen LogP contribution is 2.12. The molecule has 0 saturated heterocycles. The Morgan fingerprint density at radius 1 is 1.29 bits per heavy atom. The van der Waals surface area contributed by atoms with Gasteiger partial charge in [-0.05, 0) is 30.1 Å². The van der Waals surface area contributed by atoms with Crippen molar-refractivity contribution in [3.05, 3.63) is 30.3 Å². The molecular weight excluding hydrogens is 190 g/mol. The van der Waals surface area contributed by atoms with E-state index in [1.165, 1.54) is 17.9 Å². The van der Waals surface area contributed by atoms with Gasteiger partial charge in [0.05, 0.1) is 0 Å². The standard InChI is InChI=1S/C12H19NS/c1-3-11(10-14-2)9-13-12-7-5-4-6-8-12/h4-8,11,13H,3,9-10H2,1-2H3. The van der Waals surface area contributed by atoms with Crippen LogP contribution in [0.25, 0.3) is 0 Å². The van der Waals surface area contributed by atoms with Gasteiger partial charge in [-0.15, -0.1) is 0 Å². The first-order valence-corrected chi connectivity index (χ1v) is 6.54. The zero-order chi connectivity index (χ0) is 10.2. The van der Waals surface area contributed by atoms with E-state index in [1.807, 2.05) is 17.8 Å². The molecule has 0 aliphatic carbocycles. The number of nitrogens with one attached hydrogen (secondary N) is 1. The van der Waals surface area contributed by atoms with E-state index in [4.69, 9.17) is 0 Å². The van der Waals surface area contributed by atoms with Crippen molar-refractivity contribution in [3.63, 3.8) is 0 Å². The van der Waals surface area contributed by atoms with Crippen molar-refractivity contribution in [2.24, 2.45) is 5.92 Å². The molecule has 1 rings (SSSR count). The Morgan fingerprint density at radius 2 is 2.00 bits per heavy atom. The number of hydrogen-bond acceptors (Lipinski definition) is 2. The molecule has 0 saturated carbocycles. The quantitative estimate of drug-likeness (QED) is 0.769. The molecule has 1 aromatic carbocycles. The van der Waals surface area contributed by atoms with Crippen molar-refractivity contribution < 1.29 is 0 Å². The Morgan fingerprint density at radius 3 is 2.57 bits per heavy atom. The topological polar surface area (TPSA) is 12.0 Å². The van der Waals surface area contributed by atoms with Crippen LogP contribution in [0.15, 0.2) is 30.3 Å². The number of thioether (sulfide) groups is 1. The van der Waals surface area contributed by atoms with Crippen LogP contribution in [-0.2, 0) is 0 Å². The third-order valence-electron chi connectivity index (χ3n) is 2.35. The lowest BCUT2D eigenvalue weighted by atomic mass is 10.1. The normalized spacial score (nSPS) is 12.4. The van der Waals surface area contributed by atoms with E-state index in [2.05, 4.69) is 42.8 Å². The molecule has 1 unspecified atom stereocenters. The van der Waals surface area contributed by atoms with Gasteiger partial charge in [0.2, 0.25) is 0 Å². The van der Waals surface area contributed by atoms with Gasteiger partial charge in [-0.3, -0.25) is 0 Å². The second kappa shape index (κ2) is 6.77. The molecular formula is C12H19NS. The molecule has 1 N–H and O–H groups in total. The van der Waals surface area contributed by atoms with Crippen LogP contribution in [0.1, 0.15) is 13.3 Å². The molecule has 1 nitrogen and oxygen atoms in total. The molecule has 1 atom stereocenters. The lowest BCUT2D eigenvalue weighted by Crippen LogP contribution is -2.15. The second-order valence-corrected chi connectivity index (χ2v) is 4.39. The number of para-hydroxylation sites is 1. The van der Waals surface area contributed by atoms with Crippen LogP contribution in [0.5, 0.6) is 0 Å². The van der Waals surface area contributed by atoms with Crippen LogP contribution < -0.4 is 5.32 Å². The highest BCUT2D eigenvalue weighted by atomic mass is 32.2. The van der Waals surface area contributed by atoms with Crippen molar-refractivity contribution in [3.8, 4) is 0 Å².